The summed E-state index contributed by atoms with van der Waals surface area (Å²) in [5.41, 5.74) is 3.62. The van der Waals surface area contributed by atoms with Crippen molar-refractivity contribution >= 4 is 29.5 Å². The summed E-state index contributed by atoms with van der Waals surface area (Å²) in [5.74, 6) is -1.53. The molecule has 2 aromatic rings. The maximum Gasteiger partial charge on any atom is 0.433 e. The van der Waals surface area contributed by atoms with Gasteiger partial charge >= 0.3 is 11.9 Å². The second-order valence-electron chi connectivity index (χ2n) is 5.70. The fraction of sp³-hybridized carbons (Fsp3) is 0.222. The normalized spacial score (nSPS) is 10.7. The number of benzene rings is 1. The number of anilines is 1. The maximum atomic E-state index is 12.0. The van der Waals surface area contributed by atoms with Crippen LogP contribution in [-0.4, -0.2) is 23.4 Å². The van der Waals surface area contributed by atoms with Crippen molar-refractivity contribution in [2.75, 3.05) is 11.9 Å². The smallest absolute Gasteiger partial charge is 0.433 e. The lowest BCUT2D eigenvalue weighted by Gasteiger charge is -2.12. The highest BCUT2D eigenvalue weighted by Gasteiger charge is 2.12. The Labute approximate surface area is 149 Å². The van der Waals surface area contributed by atoms with E-state index in [1.165, 1.54) is 18.2 Å². The predicted octanol–water partition coefficient (Wildman–Crippen LogP) is 3.31. The Balaban J connectivity index is 1.87. The van der Waals surface area contributed by atoms with Gasteiger partial charge in [0.2, 0.25) is 0 Å². The largest absolute Gasteiger partial charge is 0.452 e. The van der Waals surface area contributed by atoms with Gasteiger partial charge in [-0.15, -0.1) is 0 Å². The van der Waals surface area contributed by atoms with Crippen molar-refractivity contribution in [3.8, 4) is 0 Å². The molecule has 1 N–H and O–H groups in total. The zero-order valence-electron chi connectivity index (χ0n) is 14.6. The number of amides is 1. The summed E-state index contributed by atoms with van der Waals surface area (Å²) in [4.78, 5) is 33.4. The molecule has 0 aliphatic rings. The van der Waals surface area contributed by atoms with Crippen LogP contribution in [0.3, 0.4) is 0 Å². The van der Waals surface area contributed by atoms with Gasteiger partial charge in [-0.2, -0.15) is 0 Å². The average Bonchev–Trinajstić information content (AvgIpc) is 3.03. The number of aryl methyl sites for hydroxylation is 3. The monoisotopic (exact) mass is 358 g/mol. The van der Waals surface area contributed by atoms with Crippen LogP contribution >= 0.6 is 0 Å². The first-order valence-corrected chi connectivity index (χ1v) is 7.73. The predicted molar refractivity (Wildman–Crippen MR) is 94.6 cm³/mol. The third kappa shape index (κ3) is 5.04. The van der Waals surface area contributed by atoms with Crippen LogP contribution in [0.1, 0.15) is 22.5 Å². The molecule has 0 unspecified atom stereocenters. The van der Waals surface area contributed by atoms with E-state index in [0.717, 1.165) is 22.8 Å². The summed E-state index contributed by atoms with van der Waals surface area (Å²) in [7, 11) is 0. The lowest BCUT2D eigenvalue weighted by Crippen LogP contribution is -2.21. The Hall–Kier alpha value is -3.42. The number of nitrogens with one attached hydrogen (secondary N) is 1. The lowest BCUT2D eigenvalue weighted by atomic mass is 10.1. The first-order chi connectivity index (χ1) is 12.3. The number of hydrogen-bond acceptors (Lipinski definition) is 6. The van der Waals surface area contributed by atoms with E-state index in [-0.39, 0.29) is 5.76 Å². The third-order valence-electron chi connectivity index (χ3n) is 3.46. The minimum atomic E-state index is -0.767. The Morgan fingerprint density at radius 2 is 1.88 bits per heavy atom. The van der Waals surface area contributed by atoms with E-state index in [2.05, 4.69) is 5.32 Å². The average molecular weight is 358 g/mol. The quantitative estimate of drug-likeness (QED) is 0.367. The van der Waals surface area contributed by atoms with Crippen molar-refractivity contribution in [3.05, 3.63) is 62.9 Å². The van der Waals surface area contributed by atoms with Crippen LogP contribution in [0.2, 0.25) is 0 Å². The summed E-state index contributed by atoms with van der Waals surface area (Å²) in [5, 5.41) is 13.2. The van der Waals surface area contributed by atoms with Gasteiger partial charge in [0.25, 0.3) is 5.91 Å². The zero-order chi connectivity index (χ0) is 19.3. The number of furan rings is 1. The van der Waals surface area contributed by atoms with Gasteiger partial charge in [-0.1, -0.05) is 17.7 Å². The molecule has 0 fully saturated rings. The van der Waals surface area contributed by atoms with Crippen LogP contribution in [0, 0.1) is 30.9 Å². The first kappa shape index (κ1) is 18.9. The van der Waals surface area contributed by atoms with E-state index >= 15 is 0 Å². The van der Waals surface area contributed by atoms with Crippen molar-refractivity contribution < 1.29 is 23.7 Å². The van der Waals surface area contributed by atoms with Gasteiger partial charge < -0.3 is 14.5 Å². The Kier molecular flexibility index (Phi) is 5.90. The van der Waals surface area contributed by atoms with Crippen molar-refractivity contribution in [2.45, 2.75) is 20.8 Å². The standard InChI is InChI=1S/C18H18N2O6/c1-11-8-12(2)18(13(3)9-11)19-15(21)10-25-17(22)7-5-14-4-6-16(26-14)20(23)24/h4-9H,10H2,1-3H3,(H,19,21)/b7-5+. The molecular formula is C18H18N2O6. The highest BCUT2D eigenvalue weighted by Crippen LogP contribution is 2.21. The SMILES string of the molecule is Cc1cc(C)c(NC(=O)COC(=O)/C=C/c2ccc([N+](=O)[O-])o2)c(C)c1. The number of rotatable bonds is 6. The topological polar surface area (TPSA) is 112 Å². The van der Waals surface area contributed by atoms with Crippen LogP contribution in [0.4, 0.5) is 11.6 Å². The summed E-state index contributed by atoms with van der Waals surface area (Å²) in [6.45, 7) is 5.28. The maximum absolute atomic E-state index is 12.0. The van der Waals surface area contributed by atoms with Gasteiger partial charge in [-0.3, -0.25) is 14.9 Å². The number of carbonyl (C=O) groups excluding carboxylic acids is 2. The molecule has 0 aliphatic heterocycles. The summed E-state index contributed by atoms with van der Waals surface area (Å²) in [6, 6.07) is 6.40. The summed E-state index contributed by atoms with van der Waals surface area (Å²) >= 11 is 0. The number of carbonyl (C=O) groups is 2. The molecule has 8 nitrogen and oxygen atoms in total. The molecule has 1 aromatic heterocycles. The molecule has 1 amide bonds. The van der Waals surface area contributed by atoms with Crippen molar-refractivity contribution in [1.29, 1.82) is 0 Å². The first-order valence-electron chi connectivity index (χ1n) is 7.73. The fourth-order valence-corrected chi connectivity index (χ4v) is 2.42. The Morgan fingerprint density at radius 1 is 1.23 bits per heavy atom. The van der Waals surface area contributed by atoms with Crippen molar-refractivity contribution in [1.82, 2.24) is 0 Å². The fourth-order valence-electron chi connectivity index (χ4n) is 2.42. The molecule has 0 atom stereocenters. The summed E-state index contributed by atoms with van der Waals surface area (Å²) in [6.07, 6.45) is 2.25. The van der Waals surface area contributed by atoms with Crippen LogP contribution < -0.4 is 5.32 Å². The number of esters is 1. The van der Waals surface area contributed by atoms with Crippen molar-refractivity contribution in [2.24, 2.45) is 0 Å². The molecule has 0 radical (unpaired) electrons. The number of nitrogens with zero attached hydrogens (tertiary/aromatic N) is 1. The van der Waals surface area contributed by atoms with E-state index < -0.39 is 29.3 Å². The Morgan fingerprint density at radius 3 is 2.46 bits per heavy atom. The van der Waals surface area contributed by atoms with E-state index in [1.54, 1.807) is 0 Å². The highest BCUT2D eigenvalue weighted by molar-refractivity contribution is 5.95. The van der Waals surface area contributed by atoms with E-state index in [1.807, 2.05) is 32.9 Å². The second-order valence-corrected chi connectivity index (χ2v) is 5.70. The molecule has 0 spiro atoms. The van der Waals surface area contributed by atoms with E-state index in [9.17, 15) is 19.7 Å². The minimum Gasteiger partial charge on any atom is -0.452 e. The van der Waals surface area contributed by atoms with Gasteiger partial charge in [0.05, 0.1) is 6.07 Å². The van der Waals surface area contributed by atoms with Gasteiger partial charge in [-0.25, -0.2) is 4.79 Å². The number of nitro groups is 1. The molecule has 0 bridgehead atoms. The van der Waals surface area contributed by atoms with E-state index in [4.69, 9.17) is 9.15 Å². The molecule has 8 heteroatoms. The number of hydrogen-bond donors (Lipinski definition) is 1. The molecule has 0 saturated carbocycles. The molecule has 26 heavy (non-hydrogen) atoms. The van der Waals surface area contributed by atoms with E-state index in [0.29, 0.717) is 5.69 Å². The van der Waals surface area contributed by atoms with Crippen LogP contribution in [0.25, 0.3) is 6.08 Å². The lowest BCUT2D eigenvalue weighted by molar-refractivity contribution is -0.402. The third-order valence-corrected chi connectivity index (χ3v) is 3.46. The van der Waals surface area contributed by atoms with Crippen LogP contribution in [0.5, 0.6) is 0 Å². The van der Waals surface area contributed by atoms with Crippen LogP contribution in [0.15, 0.2) is 34.8 Å². The molecule has 1 heterocycles. The second kappa shape index (κ2) is 8.11. The minimum absolute atomic E-state index is 0.129. The van der Waals surface area contributed by atoms with Crippen LogP contribution in [-0.2, 0) is 14.3 Å². The van der Waals surface area contributed by atoms with Gasteiger partial charge in [0.1, 0.15) is 10.7 Å². The molecule has 0 saturated heterocycles. The van der Waals surface area contributed by atoms with Gasteiger partial charge in [0.15, 0.2) is 6.61 Å². The van der Waals surface area contributed by atoms with Gasteiger partial charge in [-0.05, 0) is 44.0 Å². The molecular weight excluding hydrogens is 340 g/mol. The Bertz CT molecular complexity index is 859. The molecule has 2 rings (SSSR count). The van der Waals surface area contributed by atoms with Crippen molar-refractivity contribution in [3.63, 3.8) is 0 Å². The molecule has 136 valence electrons. The highest BCUT2D eigenvalue weighted by atomic mass is 16.6. The molecule has 0 aliphatic carbocycles. The van der Waals surface area contributed by atoms with Gasteiger partial charge in [0, 0.05) is 11.8 Å². The summed E-state index contributed by atoms with van der Waals surface area (Å²) < 4.78 is 9.71. The molecule has 1 aromatic carbocycles. The zero-order valence-corrected chi connectivity index (χ0v) is 14.6. The number of ether oxygens (including phenoxy) is 1.